The molecule has 0 fully saturated rings. The number of Topliss-reactive ketones (excluding diaryl/α,β-unsaturated/α-hetero) is 4. The summed E-state index contributed by atoms with van der Waals surface area (Å²) < 4.78 is 0. The molecule has 0 N–H and O–H groups in total. The zero-order chi connectivity index (χ0) is 26.0. The van der Waals surface area contributed by atoms with Crippen molar-refractivity contribution in [3.8, 4) is 0 Å². The molecule has 6 aliphatic rings. The summed E-state index contributed by atoms with van der Waals surface area (Å²) in [4.78, 5) is 54.3. The van der Waals surface area contributed by atoms with E-state index < -0.39 is 0 Å². The lowest BCUT2D eigenvalue weighted by molar-refractivity contribution is 0.0977. The van der Waals surface area contributed by atoms with Gasteiger partial charge in [0.15, 0.2) is 23.1 Å². The third-order valence-electron chi connectivity index (χ3n) is 9.11. The predicted molar refractivity (Wildman–Crippen MR) is 142 cm³/mol. The van der Waals surface area contributed by atoms with E-state index in [2.05, 4.69) is 6.92 Å². The fourth-order valence-corrected chi connectivity index (χ4v) is 7.44. The summed E-state index contributed by atoms with van der Waals surface area (Å²) in [6, 6.07) is 14.2. The zero-order valence-electron chi connectivity index (χ0n) is 21.1. The molecule has 0 saturated heterocycles. The van der Waals surface area contributed by atoms with E-state index in [9.17, 15) is 19.2 Å². The number of hydrogen-bond donors (Lipinski definition) is 0. The Labute approximate surface area is 219 Å². The Hall–Kier alpha value is -4.44. The Kier molecular flexibility index (Phi) is 4.04. The minimum atomic E-state index is -0.0782. The van der Waals surface area contributed by atoms with Crippen LogP contribution < -0.4 is 0 Å². The van der Waals surface area contributed by atoms with Crippen molar-refractivity contribution in [3.05, 3.63) is 138 Å². The van der Waals surface area contributed by atoms with E-state index in [1.165, 1.54) is 5.57 Å². The van der Waals surface area contributed by atoms with E-state index in [0.717, 1.165) is 45.4 Å². The van der Waals surface area contributed by atoms with Crippen LogP contribution in [0.15, 0.2) is 115 Å². The summed E-state index contributed by atoms with van der Waals surface area (Å²) in [5.74, 6) is -0.268. The van der Waals surface area contributed by atoms with Crippen molar-refractivity contribution >= 4 is 23.1 Å². The van der Waals surface area contributed by atoms with Gasteiger partial charge in [-0.3, -0.25) is 19.2 Å². The van der Waals surface area contributed by atoms with Crippen LogP contribution in [-0.2, 0) is 0 Å². The average Bonchev–Trinajstić information content (AvgIpc) is 3.67. The summed E-state index contributed by atoms with van der Waals surface area (Å²) in [6.07, 6.45) is 2.33. The summed E-state index contributed by atoms with van der Waals surface area (Å²) in [5, 5.41) is 0. The summed E-state index contributed by atoms with van der Waals surface area (Å²) in [6.45, 7) is 4.13. The van der Waals surface area contributed by atoms with Crippen molar-refractivity contribution in [2.24, 2.45) is 0 Å². The molecule has 0 aromatic heterocycles. The lowest BCUT2D eigenvalue weighted by Gasteiger charge is -2.19. The van der Waals surface area contributed by atoms with Crippen LogP contribution in [0.25, 0.3) is 0 Å². The normalized spacial score (nSPS) is 21.6. The molecule has 182 valence electrons. The minimum absolute atomic E-state index is 0.0530. The van der Waals surface area contributed by atoms with E-state index in [1.807, 2.05) is 6.92 Å². The van der Waals surface area contributed by atoms with E-state index in [1.54, 1.807) is 48.5 Å². The molecule has 0 unspecified atom stereocenters. The Morgan fingerprint density at radius 3 is 1.39 bits per heavy atom. The van der Waals surface area contributed by atoms with Crippen LogP contribution in [0.4, 0.5) is 0 Å². The average molecular weight is 495 g/mol. The van der Waals surface area contributed by atoms with Crippen molar-refractivity contribution in [1.82, 2.24) is 0 Å². The highest BCUT2D eigenvalue weighted by atomic mass is 16.1. The summed E-state index contributed by atoms with van der Waals surface area (Å²) >= 11 is 0. The van der Waals surface area contributed by atoms with Gasteiger partial charge in [0.25, 0.3) is 0 Å². The van der Waals surface area contributed by atoms with Crippen molar-refractivity contribution in [3.63, 3.8) is 0 Å². The highest BCUT2D eigenvalue weighted by Gasteiger charge is 2.46. The van der Waals surface area contributed by atoms with Crippen LogP contribution in [0.3, 0.4) is 0 Å². The van der Waals surface area contributed by atoms with Gasteiger partial charge in [0.05, 0.1) is 0 Å². The van der Waals surface area contributed by atoms with Gasteiger partial charge in [0.1, 0.15) is 0 Å². The number of hydrogen-bond acceptors (Lipinski definition) is 4. The Morgan fingerprint density at radius 2 is 0.842 bits per heavy atom. The van der Waals surface area contributed by atoms with Gasteiger partial charge in [0.2, 0.25) is 0 Å². The van der Waals surface area contributed by atoms with Gasteiger partial charge in [-0.2, -0.15) is 0 Å². The molecule has 0 radical (unpaired) electrons. The molecule has 38 heavy (non-hydrogen) atoms. The molecule has 6 aliphatic carbocycles. The van der Waals surface area contributed by atoms with Crippen molar-refractivity contribution in [2.75, 3.05) is 0 Å². The van der Waals surface area contributed by atoms with Crippen LogP contribution in [0.5, 0.6) is 0 Å². The van der Waals surface area contributed by atoms with Crippen LogP contribution in [-0.4, -0.2) is 23.1 Å². The first-order chi connectivity index (χ1) is 18.4. The first-order valence-electron chi connectivity index (χ1n) is 13.0. The predicted octanol–water partition coefficient (Wildman–Crippen LogP) is 6.58. The molecule has 4 heteroatoms. The first-order valence-corrected chi connectivity index (χ1v) is 13.0. The van der Waals surface area contributed by atoms with Gasteiger partial charge in [-0.1, -0.05) is 59.7 Å². The second-order valence-electron chi connectivity index (χ2n) is 11.0. The molecular weight excluding hydrogens is 472 g/mol. The quantitative estimate of drug-likeness (QED) is 0.449. The van der Waals surface area contributed by atoms with Crippen molar-refractivity contribution in [1.29, 1.82) is 0 Å². The molecule has 2 aromatic rings. The maximum Gasteiger partial charge on any atom is 0.194 e. The largest absolute Gasteiger partial charge is 0.289 e. The maximum absolute atomic E-state index is 13.8. The molecule has 0 saturated carbocycles. The summed E-state index contributed by atoms with van der Waals surface area (Å²) in [7, 11) is 0. The maximum atomic E-state index is 13.8. The number of ketones is 4. The fraction of sp³-hybridized carbons (Fsp3) is 0.176. The Bertz CT molecular complexity index is 1880. The highest BCUT2D eigenvalue weighted by Crippen LogP contribution is 2.57. The van der Waals surface area contributed by atoms with Crippen molar-refractivity contribution < 1.29 is 19.2 Å². The van der Waals surface area contributed by atoms with Gasteiger partial charge in [-0.15, -0.1) is 0 Å². The van der Waals surface area contributed by atoms with Crippen LogP contribution in [0.2, 0.25) is 0 Å². The van der Waals surface area contributed by atoms with E-state index in [-0.39, 0.29) is 23.1 Å². The second kappa shape index (κ2) is 7.11. The smallest absolute Gasteiger partial charge is 0.194 e. The molecule has 0 amide bonds. The molecular formula is C34H22O4. The summed E-state index contributed by atoms with van der Waals surface area (Å²) in [5.41, 5.74) is 12.7. The van der Waals surface area contributed by atoms with Crippen LogP contribution >= 0.6 is 0 Å². The zero-order valence-corrected chi connectivity index (χ0v) is 21.1. The first kappa shape index (κ1) is 21.6. The van der Waals surface area contributed by atoms with Crippen LogP contribution in [0, 0.1) is 0 Å². The minimum Gasteiger partial charge on any atom is -0.289 e. The number of rotatable bonds is 1. The molecule has 8 rings (SSSR count). The van der Waals surface area contributed by atoms with Gasteiger partial charge in [-0.25, -0.2) is 0 Å². The lowest BCUT2D eigenvalue weighted by atomic mass is 9.82. The number of allylic oxidation sites excluding steroid dienone is 12. The Morgan fingerprint density at radius 1 is 0.395 bits per heavy atom. The third-order valence-corrected chi connectivity index (χ3v) is 9.11. The number of fused-ring (bicyclic) bond motifs is 6. The monoisotopic (exact) mass is 494 g/mol. The molecule has 0 heterocycles. The SMILES string of the molecule is CC1=C2CC3=C(C(=O)c4ccccc4C3=O)C2=C(C2=C3CC4=C(C(=O)c5ccccc5C4=O)C3=C(C)C2)C1. The molecule has 0 bridgehead atoms. The fourth-order valence-electron chi connectivity index (χ4n) is 7.44. The molecule has 0 atom stereocenters. The third kappa shape index (κ3) is 2.46. The second-order valence-corrected chi connectivity index (χ2v) is 11.0. The van der Waals surface area contributed by atoms with E-state index in [4.69, 9.17) is 0 Å². The van der Waals surface area contributed by atoms with Gasteiger partial charge in [-0.05, 0) is 60.1 Å². The van der Waals surface area contributed by atoms with Crippen molar-refractivity contribution in [2.45, 2.75) is 39.5 Å². The standard InChI is InChI=1S/C34H22O4/c1-15-11-23(28-21(15)13-25-30(28)34(38)20-10-6-4-8-18(20)31(25)35)22-12-16(2)27-24(22)14-26-29(27)33(37)19-9-5-3-7-17(19)32(26)36/h3-10H,11-14H2,1-2H3. The number of carbonyl (C=O) groups is 4. The van der Waals surface area contributed by atoms with Crippen LogP contribution in [0.1, 0.15) is 81.0 Å². The molecule has 0 spiro atoms. The molecule has 2 aromatic carbocycles. The number of benzene rings is 2. The molecule has 4 nitrogen and oxygen atoms in total. The van der Waals surface area contributed by atoms with E-state index >= 15 is 0 Å². The van der Waals surface area contributed by atoms with Gasteiger partial charge < -0.3 is 0 Å². The highest BCUT2D eigenvalue weighted by molar-refractivity contribution is 6.31. The Balaban J connectivity index is 1.30. The van der Waals surface area contributed by atoms with E-state index in [0.29, 0.717) is 63.8 Å². The van der Waals surface area contributed by atoms with Gasteiger partial charge in [0, 0.05) is 57.4 Å². The number of carbonyl (C=O) groups excluding carboxylic acids is 4. The topological polar surface area (TPSA) is 68.3 Å². The molecule has 0 aliphatic heterocycles. The van der Waals surface area contributed by atoms with Gasteiger partial charge >= 0.3 is 0 Å². The lowest BCUT2D eigenvalue weighted by Crippen LogP contribution is -2.20.